The Morgan fingerprint density at radius 2 is 2.12 bits per heavy atom. The number of imidazole rings is 1. The molecule has 1 N–H and O–H groups in total. The van der Waals surface area contributed by atoms with E-state index < -0.39 is 0 Å². The van der Waals surface area contributed by atoms with Crippen LogP contribution in [-0.4, -0.2) is 38.9 Å². The number of aromatic nitrogens is 4. The van der Waals surface area contributed by atoms with Gasteiger partial charge in [0.2, 0.25) is 0 Å². The number of fused-ring (bicyclic) bond motifs is 1. The molecule has 0 amide bonds. The van der Waals surface area contributed by atoms with Gasteiger partial charge in [-0.05, 0) is 37.1 Å². The van der Waals surface area contributed by atoms with E-state index in [-0.39, 0.29) is 0 Å². The molecule has 3 aromatic rings. The molecule has 1 aliphatic heterocycles. The van der Waals surface area contributed by atoms with Gasteiger partial charge in [0.05, 0.1) is 17.6 Å². The van der Waals surface area contributed by atoms with Gasteiger partial charge in [-0.25, -0.2) is 4.98 Å². The molecule has 0 unspecified atom stereocenters. The number of benzene rings is 1. The molecule has 0 bridgehead atoms. The maximum absolute atomic E-state index is 4.72. The number of para-hydroxylation sites is 2. The van der Waals surface area contributed by atoms with Gasteiger partial charge in [-0.1, -0.05) is 12.1 Å². The second-order valence-electron chi connectivity index (χ2n) is 6.28. The van der Waals surface area contributed by atoms with Crippen LogP contribution in [0, 0.1) is 0 Å². The summed E-state index contributed by atoms with van der Waals surface area (Å²) in [7, 11) is 2.08. The lowest BCUT2D eigenvalue weighted by Gasteiger charge is -2.25. The maximum atomic E-state index is 4.72. The van der Waals surface area contributed by atoms with Crippen molar-refractivity contribution in [1.82, 2.24) is 25.1 Å². The molecule has 6 nitrogen and oxygen atoms in total. The second-order valence-corrected chi connectivity index (χ2v) is 6.28. The third kappa shape index (κ3) is 2.85. The van der Waals surface area contributed by atoms with Gasteiger partial charge in [0.25, 0.3) is 0 Å². The Bertz CT molecular complexity index is 813. The molecule has 0 radical (unpaired) electrons. The fourth-order valence-electron chi connectivity index (χ4n) is 3.50. The molecule has 124 valence electrons. The normalized spacial score (nSPS) is 17.7. The molecule has 0 saturated carbocycles. The fourth-order valence-corrected chi connectivity index (χ4v) is 3.50. The summed E-state index contributed by atoms with van der Waals surface area (Å²) in [6.07, 6.45) is 4.11. The van der Waals surface area contributed by atoms with Crippen LogP contribution in [0.4, 0.5) is 5.82 Å². The zero-order valence-electron chi connectivity index (χ0n) is 13.9. The molecule has 0 aliphatic carbocycles. The van der Waals surface area contributed by atoms with Crippen LogP contribution >= 0.6 is 0 Å². The molecule has 1 aromatic carbocycles. The molecular weight excluding hydrogens is 300 g/mol. The van der Waals surface area contributed by atoms with E-state index in [2.05, 4.69) is 50.2 Å². The van der Waals surface area contributed by atoms with Crippen LogP contribution in [0.2, 0.25) is 0 Å². The van der Waals surface area contributed by atoms with Crippen molar-refractivity contribution < 1.29 is 0 Å². The first-order valence-electron chi connectivity index (χ1n) is 8.48. The van der Waals surface area contributed by atoms with Crippen molar-refractivity contribution in [2.24, 2.45) is 7.05 Å². The SMILES string of the molecule is Cn1c(CNC[C@H]2CCCN2c2cccnn2)nc2ccccc21. The van der Waals surface area contributed by atoms with Crippen molar-refractivity contribution in [3.8, 4) is 0 Å². The highest BCUT2D eigenvalue weighted by Gasteiger charge is 2.25. The number of rotatable bonds is 5. The first kappa shape index (κ1) is 15.1. The molecule has 0 spiro atoms. The average Bonchev–Trinajstić information content (AvgIpc) is 3.21. The van der Waals surface area contributed by atoms with Crippen molar-refractivity contribution in [3.63, 3.8) is 0 Å². The number of nitrogens with zero attached hydrogens (tertiary/aromatic N) is 5. The van der Waals surface area contributed by atoms with Crippen molar-refractivity contribution in [3.05, 3.63) is 48.4 Å². The van der Waals surface area contributed by atoms with Crippen LogP contribution in [0.3, 0.4) is 0 Å². The predicted octanol–water partition coefficient (Wildman–Crippen LogP) is 2.12. The maximum Gasteiger partial charge on any atom is 0.151 e. The molecular formula is C18H22N6. The largest absolute Gasteiger partial charge is 0.351 e. The summed E-state index contributed by atoms with van der Waals surface area (Å²) in [5, 5.41) is 11.8. The van der Waals surface area contributed by atoms with Crippen LogP contribution in [0.25, 0.3) is 11.0 Å². The standard InChI is InChI=1S/C18H22N6/c1-23-16-8-3-2-7-15(16)21-18(23)13-19-12-14-6-5-11-24(14)17-9-4-10-20-22-17/h2-4,7-10,14,19H,5-6,11-13H2,1H3/t14-/m1/s1. The minimum Gasteiger partial charge on any atom is -0.351 e. The van der Waals surface area contributed by atoms with Gasteiger partial charge < -0.3 is 14.8 Å². The van der Waals surface area contributed by atoms with Crippen molar-refractivity contribution in [2.75, 3.05) is 18.0 Å². The van der Waals surface area contributed by atoms with E-state index in [1.54, 1.807) is 6.20 Å². The monoisotopic (exact) mass is 322 g/mol. The summed E-state index contributed by atoms with van der Waals surface area (Å²) in [6.45, 7) is 2.76. The molecule has 24 heavy (non-hydrogen) atoms. The average molecular weight is 322 g/mol. The van der Waals surface area contributed by atoms with E-state index >= 15 is 0 Å². The number of hydrogen-bond acceptors (Lipinski definition) is 5. The Hall–Kier alpha value is -2.47. The lowest BCUT2D eigenvalue weighted by molar-refractivity contribution is 0.554. The molecule has 4 rings (SSSR count). The topological polar surface area (TPSA) is 58.9 Å². The summed E-state index contributed by atoms with van der Waals surface area (Å²) in [6, 6.07) is 12.7. The quantitative estimate of drug-likeness (QED) is 0.780. The zero-order chi connectivity index (χ0) is 16.4. The van der Waals surface area contributed by atoms with E-state index in [1.165, 1.54) is 18.4 Å². The summed E-state index contributed by atoms with van der Waals surface area (Å²) >= 11 is 0. The lowest BCUT2D eigenvalue weighted by atomic mass is 10.2. The summed E-state index contributed by atoms with van der Waals surface area (Å²) in [5.41, 5.74) is 2.23. The minimum absolute atomic E-state index is 0.469. The molecule has 1 fully saturated rings. The van der Waals surface area contributed by atoms with Crippen LogP contribution < -0.4 is 10.2 Å². The highest BCUT2D eigenvalue weighted by molar-refractivity contribution is 5.75. The molecule has 3 heterocycles. The summed E-state index contributed by atoms with van der Waals surface area (Å²) in [5.74, 6) is 2.05. The van der Waals surface area contributed by atoms with Crippen molar-refractivity contribution >= 4 is 16.9 Å². The Kier molecular flexibility index (Phi) is 4.13. The first-order valence-corrected chi connectivity index (χ1v) is 8.48. The van der Waals surface area contributed by atoms with Gasteiger partial charge in [0.1, 0.15) is 5.82 Å². The van der Waals surface area contributed by atoms with Crippen molar-refractivity contribution in [2.45, 2.75) is 25.4 Å². The van der Waals surface area contributed by atoms with Gasteiger partial charge in [-0.2, -0.15) is 5.10 Å². The predicted molar refractivity (Wildman–Crippen MR) is 94.8 cm³/mol. The molecule has 1 aliphatic rings. The van der Waals surface area contributed by atoms with E-state index in [0.717, 1.165) is 36.8 Å². The van der Waals surface area contributed by atoms with Crippen LogP contribution in [-0.2, 0) is 13.6 Å². The van der Waals surface area contributed by atoms with E-state index in [1.807, 2.05) is 18.2 Å². The van der Waals surface area contributed by atoms with Gasteiger partial charge >= 0.3 is 0 Å². The van der Waals surface area contributed by atoms with Gasteiger partial charge in [-0.3, -0.25) is 0 Å². The third-order valence-corrected chi connectivity index (χ3v) is 4.77. The van der Waals surface area contributed by atoms with Gasteiger partial charge in [0.15, 0.2) is 5.82 Å². The first-order chi connectivity index (χ1) is 11.8. The molecule has 1 atom stereocenters. The van der Waals surface area contributed by atoms with Crippen LogP contribution in [0.5, 0.6) is 0 Å². The number of anilines is 1. The Morgan fingerprint density at radius 3 is 2.96 bits per heavy atom. The van der Waals surface area contributed by atoms with Crippen LogP contribution in [0.1, 0.15) is 18.7 Å². The van der Waals surface area contributed by atoms with E-state index in [0.29, 0.717) is 6.04 Å². The van der Waals surface area contributed by atoms with Gasteiger partial charge in [0, 0.05) is 32.4 Å². The van der Waals surface area contributed by atoms with E-state index in [4.69, 9.17) is 4.98 Å². The zero-order valence-corrected chi connectivity index (χ0v) is 13.9. The molecule has 1 saturated heterocycles. The minimum atomic E-state index is 0.469. The van der Waals surface area contributed by atoms with Crippen LogP contribution in [0.15, 0.2) is 42.6 Å². The Morgan fingerprint density at radius 1 is 1.21 bits per heavy atom. The Labute approximate surface area is 141 Å². The van der Waals surface area contributed by atoms with Gasteiger partial charge in [-0.15, -0.1) is 5.10 Å². The highest BCUT2D eigenvalue weighted by atomic mass is 15.3. The van der Waals surface area contributed by atoms with Crippen molar-refractivity contribution in [1.29, 1.82) is 0 Å². The Balaban J connectivity index is 1.40. The number of hydrogen-bond donors (Lipinski definition) is 1. The molecule has 2 aromatic heterocycles. The molecule has 6 heteroatoms. The lowest BCUT2D eigenvalue weighted by Crippen LogP contribution is -2.38. The fraction of sp³-hybridized carbons (Fsp3) is 0.389. The second kappa shape index (κ2) is 6.57. The summed E-state index contributed by atoms with van der Waals surface area (Å²) in [4.78, 5) is 7.07. The summed E-state index contributed by atoms with van der Waals surface area (Å²) < 4.78 is 2.16. The van der Waals surface area contributed by atoms with E-state index in [9.17, 15) is 0 Å². The highest BCUT2D eigenvalue weighted by Crippen LogP contribution is 2.22. The number of aryl methyl sites for hydroxylation is 1. The smallest absolute Gasteiger partial charge is 0.151 e. The number of nitrogens with one attached hydrogen (secondary N) is 1. The third-order valence-electron chi connectivity index (χ3n) is 4.77.